The molecule has 0 aliphatic carbocycles. The van der Waals surface area contributed by atoms with Gasteiger partial charge in [0, 0.05) is 35.3 Å². The minimum Gasteiger partial charge on any atom is -0.381 e. The van der Waals surface area contributed by atoms with Crippen molar-refractivity contribution in [2.75, 3.05) is 7.05 Å². The van der Waals surface area contributed by atoms with Gasteiger partial charge >= 0.3 is 0 Å². The van der Waals surface area contributed by atoms with Crippen LogP contribution < -0.4 is 0 Å². The lowest BCUT2D eigenvalue weighted by atomic mass is 9.85. The van der Waals surface area contributed by atoms with E-state index in [9.17, 15) is 18.7 Å². The number of benzene rings is 2. The second-order valence-corrected chi connectivity index (χ2v) is 9.91. The van der Waals surface area contributed by atoms with Crippen molar-refractivity contribution >= 4 is 33.8 Å². The molecule has 190 valence electrons. The number of hydrogen-bond acceptors (Lipinski definition) is 6. The van der Waals surface area contributed by atoms with Crippen molar-refractivity contribution in [3.63, 3.8) is 0 Å². The van der Waals surface area contributed by atoms with Crippen LogP contribution in [0, 0.1) is 11.6 Å². The van der Waals surface area contributed by atoms with Gasteiger partial charge < -0.3 is 10.0 Å². The molecule has 0 spiro atoms. The van der Waals surface area contributed by atoms with Gasteiger partial charge in [-0.3, -0.25) is 9.20 Å². The Morgan fingerprint density at radius 3 is 2.68 bits per heavy atom. The van der Waals surface area contributed by atoms with Gasteiger partial charge in [0.05, 0.1) is 18.3 Å². The highest BCUT2D eigenvalue weighted by Crippen LogP contribution is 2.33. The average Bonchev–Trinajstić information content (AvgIpc) is 3.61. The summed E-state index contributed by atoms with van der Waals surface area (Å²) in [5.74, 6) is -2.20. The first-order valence-corrected chi connectivity index (χ1v) is 12.4. The van der Waals surface area contributed by atoms with E-state index in [-0.39, 0.29) is 17.8 Å². The van der Waals surface area contributed by atoms with E-state index >= 15 is 0 Å². The highest BCUT2D eigenvalue weighted by atomic mass is 35.5. The first kappa shape index (κ1) is 25.0. The molecular formula is C25H21ClF2N6O2S. The fraction of sp³-hybridized carbons (Fsp3) is 0.200. The predicted octanol–water partition coefficient (Wildman–Crippen LogP) is 4.63. The number of fused-ring (bicyclic) bond motifs is 1. The number of rotatable bonds is 7. The lowest BCUT2D eigenvalue weighted by molar-refractivity contribution is -0.0501. The predicted molar refractivity (Wildman–Crippen MR) is 135 cm³/mol. The van der Waals surface area contributed by atoms with E-state index in [2.05, 4.69) is 15.1 Å². The summed E-state index contributed by atoms with van der Waals surface area (Å²) in [6.07, 6.45) is 4.26. The van der Waals surface area contributed by atoms with Gasteiger partial charge in [0.1, 0.15) is 35.6 Å². The third-order valence-electron chi connectivity index (χ3n) is 6.43. The van der Waals surface area contributed by atoms with Crippen LogP contribution in [0.15, 0.2) is 66.7 Å². The molecule has 5 aromatic rings. The Bertz CT molecular complexity index is 1570. The SMILES string of the molecule is C[C@@H](N(C)C(=O)c1cn2c(-c3ccc(Cl)cc3)csc2n1)[C@](O)(Cn1cncn1)c1ccc(F)cc1F. The zero-order chi connectivity index (χ0) is 26.3. The third kappa shape index (κ3) is 4.61. The Kier molecular flexibility index (Phi) is 6.52. The zero-order valence-electron chi connectivity index (χ0n) is 19.7. The summed E-state index contributed by atoms with van der Waals surface area (Å²) in [5.41, 5.74) is -0.245. The molecular weight excluding hydrogens is 522 g/mol. The Labute approximate surface area is 219 Å². The first-order chi connectivity index (χ1) is 17.7. The van der Waals surface area contributed by atoms with Crippen LogP contribution in [0.2, 0.25) is 5.02 Å². The first-order valence-electron chi connectivity index (χ1n) is 11.2. The third-order valence-corrected chi connectivity index (χ3v) is 7.52. The van der Waals surface area contributed by atoms with Gasteiger partial charge in [0.25, 0.3) is 5.91 Å². The number of carbonyl (C=O) groups is 1. The Hall–Kier alpha value is -3.67. The number of hydrogen-bond donors (Lipinski definition) is 1. The van der Waals surface area contributed by atoms with Gasteiger partial charge in [0.2, 0.25) is 0 Å². The molecule has 8 nitrogen and oxygen atoms in total. The van der Waals surface area contributed by atoms with Crippen molar-refractivity contribution in [3.8, 4) is 11.3 Å². The van der Waals surface area contributed by atoms with Crippen LogP contribution in [0.1, 0.15) is 23.0 Å². The van der Waals surface area contributed by atoms with E-state index < -0.39 is 29.2 Å². The zero-order valence-corrected chi connectivity index (χ0v) is 21.3. The van der Waals surface area contributed by atoms with Crippen LogP contribution in [0.5, 0.6) is 0 Å². The second-order valence-electron chi connectivity index (χ2n) is 8.64. The molecule has 5 rings (SSSR count). The summed E-state index contributed by atoms with van der Waals surface area (Å²) in [5, 5.41) is 18.3. The average molecular weight is 543 g/mol. The van der Waals surface area contributed by atoms with Crippen LogP contribution in [-0.2, 0) is 12.1 Å². The van der Waals surface area contributed by atoms with Crippen molar-refractivity contribution in [3.05, 3.63) is 94.6 Å². The topological polar surface area (TPSA) is 88.5 Å². The normalized spacial score (nSPS) is 14.0. The molecule has 12 heteroatoms. The molecule has 1 N–H and O–H groups in total. The summed E-state index contributed by atoms with van der Waals surface area (Å²) in [6.45, 7) is 1.35. The summed E-state index contributed by atoms with van der Waals surface area (Å²) in [4.78, 5) is 23.7. The fourth-order valence-electron chi connectivity index (χ4n) is 4.24. The highest BCUT2D eigenvalue weighted by molar-refractivity contribution is 7.15. The maximum atomic E-state index is 14.9. The van der Waals surface area contributed by atoms with Crippen molar-refractivity contribution in [1.29, 1.82) is 0 Å². The smallest absolute Gasteiger partial charge is 0.274 e. The Balaban J connectivity index is 1.48. The minimum absolute atomic E-state index is 0.152. The fourth-order valence-corrected chi connectivity index (χ4v) is 5.24. The van der Waals surface area contributed by atoms with E-state index in [1.165, 1.54) is 46.7 Å². The number of aromatic nitrogens is 5. The quantitative estimate of drug-likeness (QED) is 0.324. The number of carbonyl (C=O) groups excluding carboxylic acids is 1. The largest absolute Gasteiger partial charge is 0.381 e. The van der Waals surface area contributed by atoms with Gasteiger partial charge in [-0.2, -0.15) is 5.10 Å². The Morgan fingerprint density at radius 2 is 2.00 bits per heavy atom. The summed E-state index contributed by atoms with van der Waals surface area (Å²) < 4.78 is 31.6. The lowest BCUT2D eigenvalue weighted by Gasteiger charge is -2.39. The molecule has 2 atom stereocenters. The summed E-state index contributed by atoms with van der Waals surface area (Å²) in [6, 6.07) is 9.26. The monoisotopic (exact) mass is 542 g/mol. The van der Waals surface area contributed by atoms with Gasteiger partial charge in [-0.15, -0.1) is 11.3 Å². The van der Waals surface area contributed by atoms with E-state index in [0.29, 0.717) is 16.0 Å². The molecule has 3 aromatic heterocycles. The van der Waals surface area contributed by atoms with Crippen LogP contribution in [0.4, 0.5) is 8.78 Å². The molecule has 0 aliphatic heterocycles. The number of amides is 1. The van der Waals surface area contributed by atoms with Crippen LogP contribution >= 0.6 is 22.9 Å². The minimum atomic E-state index is -1.97. The van der Waals surface area contributed by atoms with Crippen molar-refractivity contribution in [2.45, 2.75) is 25.1 Å². The number of imidazole rings is 1. The molecule has 3 heterocycles. The molecule has 0 unspecified atom stereocenters. The molecule has 0 aliphatic rings. The maximum absolute atomic E-state index is 14.9. The Morgan fingerprint density at radius 1 is 1.24 bits per heavy atom. The van der Waals surface area contributed by atoms with Crippen molar-refractivity contribution in [2.24, 2.45) is 0 Å². The van der Waals surface area contributed by atoms with Gasteiger partial charge in [-0.05, 0) is 30.7 Å². The molecule has 0 radical (unpaired) electrons. The van der Waals surface area contributed by atoms with Crippen molar-refractivity contribution in [1.82, 2.24) is 29.0 Å². The number of likely N-dealkylation sites (N-methyl/N-ethyl adjacent to an activating group) is 1. The van der Waals surface area contributed by atoms with Gasteiger partial charge in [0.15, 0.2) is 4.96 Å². The number of nitrogens with zero attached hydrogens (tertiary/aromatic N) is 6. The van der Waals surface area contributed by atoms with Crippen LogP contribution in [0.25, 0.3) is 16.2 Å². The number of thiazole rings is 1. The molecule has 37 heavy (non-hydrogen) atoms. The molecule has 0 fully saturated rings. The molecule has 0 saturated heterocycles. The van der Waals surface area contributed by atoms with Gasteiger partial charge in [-0.25, -0.2) is 23.4 Å². The lowest BCUT2D eigenvalue weighted by Crippen LogP contribution is -2.52. The van der Waals surface area contributed by atoms with E-state index in [0.717, 1.165) is 17.3 Å². The van der Waals surface area contributed by atoms with E-state index in [4.69, 9.17) is 11.6 Å². The van der Waals surface area contributed by atoms with Crippen LogP contribution in [-0.4, -0.2) is 53.2 Å². The van der Waals surface area contributed by atoms with E-state index in [1.54, 1.807) is 29.7 Å². The standard InChI is InChI=1S/C25H21ClF2N6O2S/c1-15(25(36,12-33-14-29-13-30-33)19-8-7-18(27)9-20(19)28)32(2)23(35)21-10-34-22(11-37-24(34)31-21)16-3-5-17(26)6-4-16/h3-11,13-15,36H,12H2,1-2H3/t15-,25-/m1/s1. The molecule has 0 bridgehead atoms. The van der Waals surface area contributed by atoms with E-state index in [1.807, 2.05) is 17.5 Å². The summed E-state index contributed by atoms with van der Waals surface area (Å²) in [7, 11) is 1.49. The van der Waals surface area contributed by atoms with Crippen molar-refractivity contribution < 1.29 is 18.7 Å². The summed E-state index contributed by atoms with van der Waals surface area (Å²) >= 11 is 7.38. The second kappa shape index (κ2) is 9.66. The highest BCUT2D eigenvalue weighted by Gasteiger charge is 2.43. The number of aliphatic hydroxyl groups is 1. The number of halogens is 3. The molecule has 0 saturated carbocycles. The maximum Gasteiger partial charge on any atom is 0.274 e. The van der Waals surface area contributed by atoms with Gasteiger partial charge in [-0.1, -0.05) is 29.8 Å². The van der Waals surface area contributed by atoms with Crippen LogP contribution in [0.3, 0.4) is 0 Å². The molecule has 1 amide bonds. The molecule has 2 aromatic carbocycles.